The summed E-state index contributed by atoms with van der Waals surface area (Å²) in [4.78, 5) is 69.6. The van der Waals surface area contributed by atoms with Crippen molar-refractivity contribution in [3.8, 4) is 23.0 Å². The minimum atomic E-state index is -0.992. The van der Waals surface area contributed by atoms with E-state index in [0.29, 0.717) is 65.1 Å². The highest BCUT2D eigenvalue weighted by atomic mass is 16.6. The smallest absolute Gasteiger partial charge is 0.343 e. The van der Waals surface area contributed by atoms with Crippen LogP contribution in [0, 0.1) is 29.6 Å². The number of allylic oxidation sites excluding steroid dienone is 8. The predicted octanol–water partition coefficient (Wildman–Crippen LogP) is 14.4. The number of ether oxygens (including phenoxy) is 8. The number of carbonyl (C=O) groups is 5. The number of rotatable bonds is 29. The van der Waals surface area contributed by atoms with Gasteiger partial charge in [0.15, 0.2) is 11.5 Å². The number of hydrogen-bond donors (Lipinski definition) is 0. The Morgan fingerprint density at radius 1 is 0.524 bits per heavy atom. The van der Waals surface area contributed by atoms with Crippen molar-refractivity contribution in [2.75, 3.05) is 6.61 Å². The summed E-state index contributed by atoms with van der Waals surface area (Å²) in [5.74, 6) is 0.468. The summed E-state index contributed by atoms with van der Waals surface area (Å²) < 4.78 is 48.5. The van der Waals surface area contributed by atoms with Gasteiger partial charge in [-0.2, -0.15) is 0 Å². The molecule has 0 N–H and O–H groups in total. The van der Waals surface area contributed by atoms with Crippen LogP contribution in [-0.4, -0.2) is 82.3 Å². The van der Waals surface area contributed by atoms with Gasteiger partial charge in [0.1, 0.15) is 45.1 Å². The molecule has 3 aliphatic carbocycles. The number of nitrogens with zero attached hydrogens (tertiary/aromatic N) is 1. The lowest BCUT2D eigenvalue weighted by atomic mass is 9.80. The third-order valence-electron chi connectivity index (χ3n) is 14.8. The molecule has 0 bridgehead atoms. The third kappa shape index (κ3) is 18.9. The molecule has 14 heteroatoms. The quantitative estimate of drug-likeness (QED) is 0.0212. The molecule has 0 radical (unpaired) electrons. The van der Waals surface area contributed by atoms with Crippen molar-refractivity contribution in [3.05, 3.63) is 169 Å². The zero-order chi connectivity index (χ0) is 61.8. The van der Waals surface area contributed by atoms with E-state index in [2.05, 4.69) is 75.3 Å². The van der Waals surface area contributed by atoms with Gasteiger partial charge < -0.3 is 37.9 Å². The topological polar surface area (TPSA) is 172 Å². The maximum Gasteiger partial charge on any atom is 0.343 e. The van der Waals surface area contributed by atoms with Gasteiger partial charge in [0.25, 0.3) is 0 Å². The monoisotopic (exact) mass is 1150 g/mol. The predicted molar refractivity (Wildman–Crippen MR) is 328 cm³/mol. The lowest BCUT2D eigenvalue weighted by Crippen LogP contribution is -2.41. The van der Waals surface area contributed by atoms with Crippen LogP contribution < -0.4 is 18.9 Å². The first-order valence-electron chi connectivity index (χ1n) is 29.0. The molecule has 450 valence electrons. The minimum Gasteiger partial charge on any atom is -0.488 e. The Balaban J connectivity index is 1.26. The van der Waals surface area contributed by atoms with E-state index in [4.69, 9.17) is 42.9 Å². The fraction of sp³-hybridized carbons (Fsp3) is 0.457. The third-order valence-corrected chi connectivity index (χ3v) is 14.8. The number of carbonyl (C=O) groups excluding carboxylic acids is 5. The zero-order valence-electron chi connectivity index (χ0n) is 51.5. The number of benzene rings is 3. The van der Waals surface area contributed by atoms with Crippen molar-refractivity contribution in [2.45, 2.75) is 168 Å². The second-order valence-electron chi connectivity index (χ2n) is 25.7. The molecular formula is C70H87NO13. The van der Waals surface area contributed by atoms with Crippen molar-refractivity contribution in [2.24, 2.45) is 34.6 Å². The fourth-order valence-electron chi connectivity index (χ4n) is 12.4. The SMILES string of the molecule is C=CC(=O)OC(C)(C)CC(C)(C)Oc1ccc(C(=O)OCCc2ccc(OC(=O)c3ccc(OC(C)(C)CC(C)(C)OC(=O)C=C)c(OC(C)(C)CC(C)(C)OC(=O)C=C)c3)c(/C=N/C(CC)CC3C4C=CC=CC4C4C=CC=CC43)c2)cc1. The van der Waals surface area contributed by atoms with Gasteiger partial charge in [-0.1, -0.05) is 81.3 Å². The van der Waals surface area contributed by atoms with Gasteiger partial charge >= 0.3 is 29.8 Å². The molecule has 0 heterocycles. The molecule has 0 spiro atoms. The first-order chi connectivity index (χ1) is 39.3. The number of hydrogen-bond acceptors (Lipinski definition) is 14. The Morgan fingerprint density at radius 2 is 0.976 bits per heavy atom. The summed E-state index contributed by atoms with van der Waals surface area (Å²) in [5.41, 5.74) is -3.50. The first kappa shape index (κ1) is 65.4. The molecule has 5 atom stereocenters. The first-order valence-corrected chi connectivity index (χ1v) is 29.0. The summed E-state index contributed by atoms with van der Waals surface area (Å²) >= 11 is 0. The summed E-state index contributed by atoms with van der Waals surface area (Å²) in [5, 5.41) is 0. The molecular weight excluding hydrogens is 1060 g/mol. The number of esters is 5. The molecule has 0 aliphatic heterocycles. The van der Waals surface area contributed by atoms with Crippen LogP contribution in [0.1, 0.15) is 154 Å². The van der Waals surface area contributed by atoms with Crippen molar-refractivity contribution in [1.29, 1.82) is 0 Å². The molecule has 3 aliphatic rings. The molecule has 0 aromatic heterocycles. The van der Waals surface area contributed by atoms with E-state index in [-0.39, 0.29) is 42.6 Å². The molecule has 3 aromatic rings. The van der Waals surface area contributed by atoms with Crippen molar-refractivity contribution in [1.82, 2.24) is 0 Å². The largest absolute Gasteiger partial charge is 0.488 e. The molecule has 84 heavy (non-hydrogen) atoms. The van der Waals surface area contributed by atoms with E-state index in [1.165, 1.54) is 0 Å². The molecule has 6 rings (SSSR count). The lowest BCUT2D eigenvalue weighted by Gasteiger charge is -2.37. The van der Waals surface area contributed by atoms with Gasteiger partial charge in [-0.25, -0.2) is 24.0 Å². The highest BCUT2D eigenvalue weighted by Crippen LogP contribution is 2.53. The van der Waals surface area contributed by atoms with Gasteiger partial charge in [0.05, 0.1) is 17.7 Å². The van der Waals surface area contributed by atoms with Crippen LogP contribution >= 0.6 is 0 Å². The summed E-state index contributed by atoms with van der Waals surface area (Å²) in [6.07, 6.45) is 26.1. The standard InChI is InChI=1S/C70H87NO13/c1-17-50(41-56-54-27-23-21-25-52(54)53-26-22-24-28-55(53)56)71-42-49-39-46(37-38-77-63(75)47-30-33-51(34-31-47)79-65(5,6)43-68(11,12)82-60(72)18-2)29-35-57(49)78-64(76)48-32-36-58(80-66(7,8)44-69(13,14)83-61(73)19-3)59(40-48)81-67(9,10)45-70(15,16)84-62(74)20-4/h18-36,39-40,42,50,52-56H,2-4,17,37-38,41,43-45H2,1,5-16H3/b71-42+. The van der Waals surface area contributed by atoms with Crippen LogP contribution in [-0.2, 0) is 39.8 Å². The van der Waals surface area contributed by atoms with E-state index in [9.17, 15) is 24.0 Å². The van der Waals surface area contributed by atoms with E-state index in [1.54, 1.807) is 82.4 Å². The fourth-order valence-corrected chi connectivity index (χ4v) is 12.4. The van der Waals surface area contributed by atoms with E-state index in [0.717, 1.165) is 36.6 Å². The molecule has 0 amide bonds. The Labute approximate surface area is 497 Å². The van der Waals surface area contributed by atoms with Crippen molar-refractivity contribution < 1.29 is 61.9 Å². The Bertz CT molecular complexity index is 3020. The summed E-state index contributed by atoms with van der Waals surface area (Å²) in [7, 11) is 0. The average Bonchev–Trinajstić information content (AvgIpc) is 2.42. The van der Waals surface area contributed by atoms with E-state index in [1.807, 2.05) is 67.5 Å². The second kappa shape index (κ2) is 27.3. The summed E-state index contributed by atoms with van der Waals surface area (Å²) in [6.45, 7) is 34.7. The van der Waals surface area contributed by atoms with Gasteiger partial charge in [0.2, 0.25) is 0 Å². The summed E-state index contributed by atoms with van der Waals surface area (Å²) in [6, 6.07) is 16.9. The maximum atomic E-state index is 14.5. The highest BCUT2D eigenvalue weighted by molar-refractivity contribution is 5.94. The van der Waals surface area contributed by atoms with Crippen molar-refractivity contribution in [3.63, 3.8) is 0 Å². The van der Waals surface area contributed by atoms with Crippen LogP contribution in [0.5, 0.6) is 23.0 Å². The number of aliphatic imine (C=N–C) groups is 1. The highest BCUT2D eigenvalue weighted by Gasteiger charge is 2.47. The van der Waals surface area contributed by atoms with Gasteiger partial charge in [-0.3, -0.25) is 4.99 Å². The Hall–Kier alpha value is -7.74. The van der Waals surface area contributed by atoms with Gasteiger partial charge in [-0.05, 0) is 186 Å². The Kier molecular flexibility index (Phi) is 21.3. The van der Waals surface area contributed by atoms with Crippen LogP contribution in [0.3, 0.4) is 0 Å². The average molecular weight is 1150 g/mol. The zero-order valence-corrected chi connectivity index (χ0v) is 51.5. The number of fused-ring (bicyclic) bond motifs is 3. The minimum absolute atomic E-state index is 0.0392. The van der Waals surface area contributed by atoms with Crippen LogP contribution in [0.25, 0.3) is 0 Å². The van der Waals surface area contributed by atoms with Crippen LogP contribution in [0.15, 0.2) is 152 Å². The molecule has 3 aromatic carbocycles. The molecule has 14 nitrogen and oxygen atoms in total. The molecule has 0 saturated heterocycles. The van der Waals surface area contributed by atoms with E-state index >= 15 is 0 Å². The Morgan fingerprint density at radius 3 is 1.46 bits per heavy atom. The van der Waals surface area contributed by atoms with Crippen LogP contribution in [0.4, 0.5) is 0 Å². The lowest BCUT2D eigenvalue weighted by molar-refractivity contribution is -0.155. The molecule has 1 saturated carbocycles. The molecule has 1 fully saturated rings. The van der Waals surface area contributed by atoms with Gasteiger partial charge in [-0.15, -0.1) is 0 Å². The second-order valence-corrected chi connectivity index (χ2v) is 25.7. The normalized spacial score (nSPS) is 18.8. The van der Waals surface area contributed by atoms with E-state index < -0.39 is 63.5 Å². The van der Waals surface area contributed by atoms with Gasteiger partial charge in [0, 0.05) is 61.7 Å². The van der Waals surface area contributed by atoms with Crippen LogP contribution in [0.2, 0.25) is 0 Å². The molecule has 5 unspecified atom stereocenters. The van der Waals surface area contributed by atoms with Crippen molar-refractivity contribution >= 4 is 36.1 Å². The maximum absolute atomic E-state index is 14.5.